The summed E-state index contributed by atoms with van der Waals surface area (Å²) in [5, 5.41) is 34.2. The number of nitro benzene ring substituents is 1. The molecule has 0 aromatic heterocycles. The molecule has 0 saturated carbocycles. The second kappa shape index (κ2) is 12.6. The molecule has 1 atom stereocenters. The van der Waals surface area contributed by atoms with E-state index < -0.39 is 40.1 Å². The van der Waals surface area contributed by atoms with Crippen molar-refractivity contribution in [2.45, 2.75) is 18.9 Å². The number of aromatic carboxylic acids is 1. The molecule has 0 spiro atoms. The first kappa shape index (κ1) is 26.5. The summed E-state index contributed by atoms with van der Waals surface area (Å²) >= 11 is 0. The van der Waals surface area contributed by atoms with Crippen molar-refractivity contribution in [2.24, 2.45) is 5.73 Å². The van der Waals surface area contributed by atoms with Crippen LogP contribution in [-0.4, -0.2) is 28.8 Å². The van der Waals surface area contributed by atoms with E-state index in [0.29, 0.717) is 0 Å². The zero-order chi connectivity index (χ0) is 16.9. The van der Waals surface area contributed by atoms with Crippen molar-refractivity contribution in [1.82, 2.24) is 0 Å². The van der Waals surface area contributed by atoms with Crippen molar-refractivity contribution in [2.75, 3.05) is 5.32 Å². The second-order valence-electron chi connectivity index (χ2n) is 4.29. The van der Waals surface area contributed by atoms with Gasteiger partial charge >= 0.3 is 103 Å². The Morgan fingerprint density at radius 2 is 1.79 bits per heavy atom. The van der Waals surface area contributed by atoms with E-state index in [4.69, 9.17) is 5.73 Å². The Hall–Kier alpha value is 0.263. The minimum atomic E-state index is -1.76. The fourth-order valence-electron chi connectivity index (χ4n) is 1.56. The summed E-state index contributed by atoms with van der Waals surface area (Å²) in [6, 6.07) is 1.63. The summed E-state index contributed by atoms with van der Waals surface area (Å²) in [6.45, 7) is 0. The van der Waals surface area contributed by atoms with E-state index in [-0.39, 0.29) is 121 Å². The number of carbonyl (C=O) groups excluding carboxylic acids is 3. The van der Waals surface area contributed by atoms with Crippen molar-refractivity contribution in [3.8, 4) is 0 Å². The Morgan fingerprint density at radius 3 is 2.25 bits per heavy atom. The van der Waals surface area contributed by atoms with Crippen LogP contribution in [0.25, 0.3) is 0 Å². The summed E-state index contributed by atoms with van der Waals surface area (Å²) in [6.07, 6.45) is -0.415. The number of aliphatic carboxylic acids is 1. The molecule has 1 aromatic carbocycles. The van der Waals surface area contributed by atoms with Crippen LogP contribution in [0.2, 0.25) is 0 Å². The maximum atomic E-state index is 11.6. The Bertz CT molecular complexity index is 639. The number of rotatable bonds is 7. The van der Waals surface area contributed by atoms with Crippen molar-refractivity contribution in [1.29, 1.82) is 0 Å². The number of amides is 1. The average molecular weight is 387 g/mol. The molecule has 3 N–H and O–H groups in total. The van der Waals surface area contributed by atoms with Gasteiger partial charge in [-0.05, 0) is 18.6 Å². The number of nitrogens with one attached hydrogen (secondary N) is 1. The van der Waals surface area contributed by atoms with E-state index in [1.165, 1.54) is 0 Å². The van der Waals surface area contributed by atoms with Crippen LogP contribution in [0.5, 0.6) is 0 Å². The number of carbonyl (C=O) groups is 3. The third-order valence-corrected chi connectivity index (χ3v) is 2.68. The molecule has 12 heteroatoms. The quantitative estimate of drug-likeness (QED) is 0.263. The van der Waals surface area contributed by atoms with Crippen LogP contribution in [0, 0.1) is 10.1 Å². The number of benzene rings is 1. The van der Waals surface area contributed by atoms with Gasteiger partial charge in [-0.1, -0.05) is 0 Å². The first-order chi connectivity index (χ1) is 10.2. The molecule has 0 fully saturated rings. The number of hydrogen-bond donors (Lipinski definition) is 2. The Kier molecular flexibility index (Phi) is 13.9. The Balaban J connectivity index is 0. The standard InChI is InChI=1S/C12H13N3O7.2K/c13-8(12(19)20)2-4-10(16)14-6-1-3-9(15(21)22)7(5-6)11(17)18;;/h1,3,5,8H,2,4,13H2,(H,14,16)(H,17,18)(H,19,20);;/q;2*+1/p-2/t8-;;/m0../s1. The van der Waals surface area contributed by atoms with Gasteiger partial charge in [-0.15, -0.1) is 0 Å². The maximum Gasteiger partial charge on any atom is 1.00 e. The van der Waals surface area contributed by atoms with Crippen LogP contribution in [0.15, 0.2) is 18.2 Å². The van der Waals surface area contributed by atoms with E-state index in [1.807, 2.05) is 0 Å². The van der Waals surface area contributed by atoms with E-state index in [0.717, 1.165) is 18.2 Å². The van der Waals surface area contributed by atoms with Gasteiger partial charge in [0.05, 0.1) is 22.4 Å². The van der Waals surface area contributed by atoms with Gasteiger partial charge in [0, 0.05) is 24.2 Å². The number of carboxylic acids is 2. The van der Waals surface area contributed by atoms with Gasteiger partial charge in [-0.3, -0.25) is 14.9 Å². The SMILES string of the molecule is N[C@@H](CCC(=O)Nc1ccc([N+](=O)[O-])c(C(=O)[O-])c1)C(=O)[O-].[K+].[K+]. The number of anilines is 1. The molecule has 24 heavy (non-hydrogen) atoms. The molecule has 1 aromatic rings. The summed E-state index contributed by atoms with van der Waals surface area (Å²) in [7, 11) is 0. The topological polar surface area (TPSA) is 179 Å². The van der Waals surface area contributed by atoms with Gasteiger partial charge in [0.15, 0.2) is 0 Å². The molecule has 1 rings (SSSR count). The fraction of sp³-hybridized carbons (Fsp3) is 0.250. The molecule has 118 valence electrons. The van der Waals surface area contributed by atoms with Gasteiger partial charge in [0.1, 0.15) is 0 Å². The summed E-state index contributed by atoms with van der Waals surface area (Å²) < 4.78 is 0. The van der Waals surface area contributed by atoms with E-state index in [1.54, 1.807) is 0 Å². The Labute approximate surface area is 221 Å². The minimum absolute atomic E-state index is 0. The number of nitrogens with two attached hydrogens (primary N) is 1. The van der Waals surface area contributed by atoms with Gasteiger partial charge in [0.2, 0.25) is 5.91 Å². The van der Waals surface area contributed by atoms with Crippen LogP contribution < -0.4 is 124 Å². The van der Waals surface area contributed by atoms with Crippen LogP contribution in [0.3, 0.4) is 0 Å². The molecule has 0 heterocycles. The molecule has 0 saturated heterocycles. The minimum Gasteiger partial charge on any atom is -0.548 e. The number of hydrogen-bond acceptors (Lipinski definition) is 8. The predicted octanol–water partition coefficient (Wildman–Crippen LogP) is -8.24. The molecule has 0 radical (unpaired) electrons. The van der Waals surface area contributed by atoms with Crippen molar-refractivity contribution in [3.05, 3.63) is 33.9 Å². The molecule has 10 nitrogen and oxygen atoms in total. The summed E-state index contributed by atoms with van der Waals surface area (Å²) in [4.78, 5) is 42.5. The fourth-order valence-corrected chi connectivity index (χ4v) is 1.56. The van der Waals surface area contributed by atoms with Crippen molar-refractivity contribution >= 4 is 29.2 Å². The van der Waals surface area contributed by atoms with Gasteiger partial charge in [-0.25, -0.2) is 0 Å². The van der Waals surface area contributed by atoms with E-state index in [9.17, 15) is 34.7 Å². The molecule has 1 amide bonds. The molecular formula is C12H11K2N3O7. The monoisotopic (exact) mass is 387 g/mol. The van der Waals surface area contributed by atoms with Crippen LogP contribution in [-0.2, 0) is 9.59 Å². The number of nitro groups is 1. The molecule has 0 aliphatic heterocycles. The summed E-state index contributed by atoms with van der Waals surface area (Å²) in [5.41, 5.74) is 3.81. The first-order valence-corrected chi connectivity index (χ1v) is 5.98. The maximum absolute atomic E-state index is 11.6. The third-order valence-electron chi connectivity index (χ3n) is 2.68. The molecule has 0 bridgehead atoms. The van der Waals surface area contributed by atoms with E-state index in [2.05, 4.69) is 5.32 Å². The number of carboxylic acid groups (broad SMARTS) is 2. The Morgan fingerprint density at radius 1 is 1.21 bits per heavy atom. The van der Waals surface area contributed by atoms with Gasteiger partial charge < -0.3 is 30.9 Å². The average Bonchev–Trinajstić information content (AvgIpc) is 2.44. The zero-order valence-corrected chi connectivity index (χ0v) is 19.4. The summed E-state index contributed by atoms with van der Waals surface area (Å²) in [5.74, 6) is -3.89. The molecule has 0 aliphatic rings. The molecule has 0 aliphatic carbocycles. The number of nitrogens with zero attached hydrogens (tertiary/aromatic N) is 1. The van der Waals surface area contributed by atoms with Crippen LogP contribution >= 0.6 is 0 Å². The zero-order valence-electron chi connectivity index (χ0n) is 13.1. The smallest absolute Gasteiger partial charge is 0.548 e. The van der Waals surface area contributed by atoms with Crippen LogP contribution in [0.1, 0.15) is 23.2 Å². The predicted molar refractivity (Wildman–Crippen MR) is 68.3 cm³/mol. The molecule has 0 unspecified atom stereocenters. The van der Waals surface area contributed by atoms with Gasteiger partial charge in [-0.2, -0.15) is 0 Å². The normalized spacial score (nSPS) is 10.5. The van der Waals surface area contributed by atoms with Crippen molar-refractivity contribution < 1.29 is 132 Å². The third kappa shape index (κ3) is 8.57. The van der Waals surface area contributed by atoms with Crippen LogP contribution in [0.4, 0.5) is 11.4 Å². The molecular weight excluding hydrogens is 376 g/mol. The largest absolute Gasteiger partial charge is 1.00 e. The second-order valence-corrected chi connectivity index (χ2v) is 4.29. The van der Waals surface area contributed by atoms with Gasteiger partial charge in [0.25, 0.3) is 5.69 Å². The van der Waals surface area contributed by atoms with Crippen molar-refractivity contribution in [3.63, 3.8) is 0 Å². The first-order valence-electron chi connectivity index (χ1n) is 5.98. The van der Waals surface area contributed by atoms with E-state index >= 15 is 0 Å².